The molecule has 0 aliphatic rings. The number of carbonyl (C=O) groups is 2. The Hall–Kier alpha value is -1.10. The maximum Gasteiger partial charge on any atom is 0.320 e. The van der Waals surface area contributed by atoms with E-state index in [2.05, 4.69) is 0 Å². The molecule has 0 aliphatic carbocycles. The number of hydrogen-bond donors (Lipinski definition) is 0. The SMILES string of the molecule is CCCN(CC(=O)OCC)CC(=O)OCC. The Morgan fingerprint density at radius 1 is 0.938 bits per heavy atom. The standard InChI is InChI=1S/C11H21NO4/c1-4-7-12(8-10(13)15-5-2)9-11(14)16-6-3/h4-9H2,1-3H3. The molecule has 5 heteroatoms. The summed E-state index contributed by atoms with van der Waals surface area (Å²) in [6.45, 7) is 7.18. The molecule has 0 aromatic heterocycles. The van der Waals surface area contributed by atoms with Crippen molar-refractivity contribution in [2.24, 2.45) is 0 Å². The van der Waals surface area contributed by atoms with Gasteiger partial charge in [-0.1, -0.05) is 6.92 Å². The Morgan fingerprint density at radius 3 is 1.69 bits per heavy atom. The number of nitrogens with zero attached hydrogens (tertiary/aromatic N) is 1. The molecule has 0 spiro atoms. The highest BCUT2D eigenvalue weighted by Gasteiger charge is 2.14. The molecule has 0 rings (SSSR count). The summed E-state index contributed by atoms with van der Waals surface area (Å²) >= 11 is 0. The highest BCUT2D eigenvalue weighted by atomic mass is 16.5. The van der Waals surface area contributed by atoms with Crippen LogP contribution in [0.3, 0.4) is 0 Å². The molecule has 0 amide bonds. The van der Waals surface area contributed by atoms with Crippen molar-refractivity contribution in [3.63, 3.8) is 0 Å². The predicted molar refractivity (Wildman–Crippen MR) is 60.0 cm³/mol. The van der Waals surface area contributed by atoms with Crippen LogP contribution in [0.4, 0.5) is 0 Å². The van der Waals surface area contributed by atoms with Gasteiger partial charge in [0.25, 0.3) is 0 Å². The van der Waals surface area contributed by atoms with Gasteiger partial charge in [0, 0.05) is 0 Å². The van der Waals surface area contributed by atoms with Crippen LogP contribution >= 0.6 is 0 Å². The fourth-order valence-corrected chi connectivity index (χ4v) is 1.31. The second-order valence-corrected chi connectivity index (χ2v) is 3.32. The van der Waals surface area contributed by atoms with E-state index in [1.54, 1.807) is 18.7 Å². The van der Waals surface area contributed by atoms with E-state index in [-0.39, 0.29) is 25.0 Å². The van der Waals surface area contributed by atoms with E-state index in [1.807, 2.05) is 6.92 Å². The fraction of sp³-hybridized carbons (Fsp3) is 0.818. The van der Waals surface area contributed by atoms with Gasteiger partial charge in [-0.2, -0.15) is 0 Å². The third kappa shape index (κ3) is 7.23. The van der Waals surface area contributed by atoms with Crippen molar-refractivity contribution < 1.29 is 19.1 Å². The van der Waals surface area contributed by atoms with Gasteiger partial charge in [-0.3, -0.25) is 14.5 Å². The first kappa shape index (κ1) is 14.9. The van der Waals surface area contributed by atoms with Gasteiger partial charge in [-0.25, -0.2) is 0 Å². The third-order valence-electron chi connectivity index (χ3n) is 1.86. The van der Waals surface area contributed by atoms with Gasteiger partial charge in [-0.15, -0.1) is 0 Å². The lowest BCUT2D eigenvalue weighted by atomic mass is 10.4. The Morgan fingerprint density at radius 2 is 1.38 bits per heavy atom. The first-order chi connectivity index (χ1) is 7.63. The summed E-state index contributed by atoms with van der Waals surface area (Å²) in [6, 6.07) is 0. The van der Waals surface area contributed by atoms with Crippen LogP contribution < -0.4 is 0 Å². The van der Waals surface area contributed by atoms with Gasteiger partial charge in [0.2, 0.25) is 0 Å². The Balaban J connectivity index is 4.05. The van der Waals surface area contributed by atoms with E-state index in [4.69, 9.17) is 9.47 Å². The Kier molecular flexibility index (Phi) is 8.52. The molecule has 0 heterocycles. The summed E-state index contributed by atoms with van der Waals surface area (Å²) < 4.78 is 9.66. The molecule has 94 valence electrons. The van der Waals surface area contributed by atoms with Crippen molar-refractivity contribution in [3.05, 3.63) is 0 Å². The summed E-state index contributed by atoms with van der Waals surface area (Å²) in [7, 11) is 0. The average molecular weight is 231 g/mol. The highest BCUT2D eigenvalue weighted by molar-refractivity contribution is 5.75. The van der Waals surface area contributed by atoms with Crippen LogP contribution in [-0.2, 0) is 19.1 Å². The zero-order valence-corrected chi connectivity index (χ0v) is 10.3. The van der Waals surface area contributed by atoms with Crippen LogP contribution in [0.2, 0.25) is 0 Å². The molecule has 0 fully saturated rings. The van der Waals surface area contributed by atoms with Gasteiger partial charge < -0.3 is 9.47 Å². The minimum absolute atomic E-state index is 0.139. The Labute approximate surface area is 96.7 Å². The van der Waals surface area contributed by atoms with Crippen LogP contribution in [0.1, 0.15) is 27.2 Å². The highest BCUT2D eigenvalue weighted by Crippen LogP contribution is 1.94. The minimum Gasteiger partial charge on any atom is -0.465 e. The van der Waals surface area contributed by atoms with Crippen molar-refractivity contribution >= 4 is 11.9 Å². The van der Waals surface area contributed by atoms with Gasteiger partial charge in [0.1, 0.15) is 0 Å². The molecule has 0 aliphatic heterocycles. The zero-order chi connectivity index (χ0) is 12.4. The van der Waals surface area contributed by atoms with E-state index in [1.165, 1.54) is 0 Å². The average Bonchev–Trinajstić information content (AvgIpc) is 2.18. The minimum atomic E-state index is -0.305. The van der Waals surface area contributed by atoms with E-state index in [9.17, 15) is 9.59 Å². The van der Waals surface area contributed by atoms with Crippen LogP contribution in [0, 0.1) is 0 Å². The first-order valence-corrected chi connectivity index (χ1v) is 5.67. The normalized spacial score (nSPS) is 10.2. The summed E-state index contributed by atoms with van der Waals surface area (Å²) in [5.41, 5.74) is 0. The van der Waals surface area contributed by atoms with E-state index in [0.717, 1.165) is 6.42 Å². The predicted octanol–water partition coefficient (Wildman–Crippen LogP) is 0.825. The van der Waals surface area contributed by atoms with Gasteiger partial charge in [-0.05, 0) is 26.8 Å². The summed E-state index contributed by atoms with van der Waals surface area (Å²) in [4.78, 5) is 24.2. The topological polar surface area (TPSA) is 55.8 Å². The molecular weight excluding hydrogens is 210 g/mol. The molecule has 0 aromatic carbocycles. The Bertz CT molecular complexity index is 198. The number of carbonyl (C=O) groups excluding carboxylic acids is 2. The monoisotopic (exact) mass is 231 g/mol. The second-order valence-electron chi connectivity index (χ2n) is 3.32. The van der Waals surface area contributed by atoms with Crippen molar-refractivity contribution in [1.29, 1.82) is 0 Å². The molecule has 0 atom stereocenters. The number of ether oxygens (including phenoxy) is 2. The van der Waals surface area contributed by atoms with E-state index in [0.29, 0.717) is 19.8 Å². The molecule has 0 aromatic rings. The molecule has 16 heavy (non-hydrogen) atoms. The van der Waals surface area contributed by atoms with Crippen molar-refractivity contribution in [3.8, 4) is 0 Å². The van der Waals surface area contributed by atoms with Crippen LogP contribution in [0.15, 0.2) is 0 Å². The lowest BCUT2D eigenvalue weighted by Crippen LogP contribution is -2.36. The zero-order valence-electron chi connectivity index (χ0n) is 10.3. The van der Waals surface area contributed by atoms with Crippen LogP contribution in [0.5, 0.6) is 0 Å². The fourth-order valence-electron chi connectivity index (χ4n) is 1.31. The molecule has 0 unspecified atom stereocenters. The van der Waals surface area contributed by atoms with Crippen LogP contribution in [0.25, 0.3) is 0 Å². The van der Waals surface area contributed by atoms with Crippen molar-refractivity contribution in [2.75, 3.05) is 32.8 Å². The molecule has 0 saturated heterocycles. The molecule has 5 nitrogen and oxygen atoms in total. The lowest BCUT2D eigenvalue weighted by molar-refractivity contribution is -0.148. The number of esters is 2. The van der Waals surface area contributed by atoms with Gasteiger partial charge >= 0.3 is 11.9 Å². The van der Waals surface area contributed by atoms with Crippen molar-refractivity contribution in [2.45, 2.75) is 27.2 Å². The molecule has 0 saturated carbocycles. The van der Waals surface area contributed by atoms with Gasteiger partial charge in [0.15, 0.2) is 0 Å². The molecule has 0 bridgehead atoms. The molecule has 0 N–H and O–H groups in total. The summed E-state index contributed by atoms with van der Waals surface area (Å²) in [6.07, 6.45) is 0.874. The smallest absolute Gasteiger partial charge is 0.320 e. The maximum atomic E-state index is 11.3. The van der Waals surface area contributed by atoms with E-state index < -0.39 is 0 Å². The molecule has 0 radical (unpaired) electrons. The number of hydrogen-bond acceptors (Lipinski definition) is 5. The lowest BCUT2D eigenvalue weighted by Gasteiger charge is -2.19. The molecular formula is C11H21NO4. The summed E-state index contributed by atoms with van der Waals surface area (Å²) in [5, 5.41) is 0. The third-order valence-corrected chi connectivity index (χ3v) is 1.86. The second kappa shape index (κ2) is 9.15. The first-order valence-electron chi connectivity index (χ1n) is 5.67. The van der Waals surface area contributed by atoms with Gasteiger partial charge in [0.05, 0.1) is 26.3 Å². The maximum absolute atomic E-state index is 11.3. The van der Waals surface area contributed by atoms with Crippen LogP contribution in [-0.4, -0.2) is 49.7 Å². The largest absolute Gasteiger partial charge is 0.465 e. The quantitative estimate of drug-likeness (QED) is 0.579. The summed E-state index contributed by atoms with van der Waals surface area (Å²) in [5.74, 6) is -0.611. The van der Waals surface area contributed by atoms with Crippen molar-refractivity contribution in [1.82, 2.24) is 4.90 Å². The van der Waals surface area contributed by atoms with E-state index >= 15 is 0 Å². The number of rotatable bonds is 8.